The van der Waals surface area contributed by atoms with E-state index in [1.165, 1.54) is 13.0 Å². The Morgan fingerprint density at radius 1 is 1.40 bits per heavy atom. The van der Waals surface area contributed by atoms with Crippen molar-refractivity contribution in [2.75, 3.05) is 12.8 Å². The van der Waals surface area contributed by atoms with Gasteiger partial charge in [0.15, 0.2) is 6.10 Å². The fourth-order valence-corrected chi connectivity index (χ4v) is 3.67. The molecule has 0 unspecified atom stereocenters. The first kappa shape index (κ1) is 19.1. The molecular formula is C17H22N2O5S. The lowest BCUT2D eigenvalue weighted by molar-refractivity contribution is -0.158. The molecule has 0 spiro atoms. The number of carbonyl (C=O) groups is 2. The highest BCUT2D eigenvalue weighted by Gasteiger charge is 2.38. The number of hydrogen-bond acceptors (Lipinski definition) is 5. The van der Waals surface area contributed by atoms with Gasteiger partial charge in [0.25, 0.3) is 5.91 Å². The van der Waals surface area contributed by atoms with E-state index in [4.69, 9.17) is 4.74 Å². The molecule has 25 heavy (non-hydrogen) atoms. The molecule has 2 rings (SSSR count). The van der Waals surface area contributed by atoms with Crippen LogP contribution in [0.15, 0.2) is 36.9 Å². The van der Waals surface area contributed by atoms with Gasteiger partial charge in [-0.1, -0.05) is 30.3 Å². The Balaban J connectivity index is 2.18. The van der Waals surface area contributed by atoms with E-state index < -0.39 is 34.0 Å². The third kappa shape index (κ3) is 4.67. The molecule has 2 atom stereocenters. The minimum Gasteiger partial charge on any atom is -0.451 e. The lowest BCUT2D eigenvalue weighted by Gasteiger charge is -2.33. The molecule has 0 aliphatic carbocycles. The maximum absolute atomic E-state index is 12.5. The average Bonchev–Trinajstić information content (AvgIpc) is 2.57. The van der Waals surface area contributed by atoms with E-state index in [1.807, 2.05) is 24.3 Å². The van der Waals surface area contributed by atoms with Crippen LogP contribution in [0.3, 0.4) is 0 Å². The fraction of sp³-hybridized carbons (Fsp3) is 0.412. The van der Waals surface area contributed by atoms with Gasteiger partial charge in [-0.2, -0.15) is 4.31 Å². The smallest absolute Gasteiger partial charge is 0.325 e. The highest BCUT2D eigenvalue weighted by molar-refractivity contribution is 7.88. The van der Waals surface area contributed by atoms with E-state index in [1.54, 1.807) is 0 Å². The molecule has 1 aromatic rings. The largest absolute Gasteiger partial charge is 0.451 e. The number of ether oxygens (including phenoxy) is 1. The van der Waals surface area contributed by atoms with Crippen LogP contribution in [0.25, 0.3) is 0 Å². The molecule has 1 N–H and O–H groups in total. The van der Waals surface area contributed by atoms with E-state index in [2.05, 4.69) is 11.9 Å². The Morgan fingerprint density at radius 2 is 2.04 bits per heavy atom. The number of carbonyl (C=O) groups excluding carboxylic acids is 2. The SMILES string of the molecule is C=CCNC(=O)[C@@H](C)OC(=O)[C@@H]1Cc2ccccc2CN1S(C)(=O)=O. The van der Waals surface area contributed by atoms with Crippen molar-refractivity contribution in [1.29, 1.82) is 0 Å². The van der Waals surface area contributed by atoms with E-state index in [0.29, 0.717) is 0 Å². The maximum Gasteiger partial charge on any atom is 0.325 e. The number of esters is 1. The van der Waals surface area contributed by atoms with E-state index in [9.17, 15) is 18.0 Å². The monoisotopic (exact) mass is 366 g/mol. The molecule has 7 nitrogen and oxygen atoms in total. The lowest BCUT2D eigenvalue weighted by Crippen LogP contribution is -2.50. The Kier molecular flexibility index (Phi) is 5.97. The quantitative estimate of drug-likeness (QED) is 0.588. The molecule has 0 aromatic heterocycles. The van der Waals surface area contributed by atoms with Crippen LogP contribution in [-0.4, -0.2) is 49.5 Å². The first-order chi connectivity index (χ1) is 11.7. The number of benzene rings is 1. The summed E-state index contributed by atoms with van der Waals surface area (Å²) < 4.78 is 30.5. The van der Waals surface area contributed by atoms with Crippen LogP contribution in [0.4, 0.5) is 0 Å². The zero-order valence-electron chi connectivity index (χ0n) is 14.3. The first-order valence-electron chi connectivity index (χ1n) is 7.86. The van der Waals surface area contributed by atoms with Gasteiger partial charge in [0.1, 0.15) is 6.04 Å². The molecule has 0 bridgehead atoms. The summed E-state index contributed by atoms with van der Waals surface area (Å²) in [6, 6.07) is 6.36. The highest BCUT2D eigenvalue weighted by atomic mass is 32.2. The first-order valence-corrected chi connectivity index (χ1v) is 9.71. The number of sulfonamides is 1. The van der Waals surface area contributed by atoms with Crippen molar-refractivity contribution in [3.8, 4) is 0 Å². The lowest BCUT2D eigenvalue weighted by atomic mass is 9.96. The third-order valence-corrected chi connectivity index (χ3v) is 5.22. The molecule has 1 aliphatic rings. The Bertz CT molecular complexity index is 775. The van der Waals surface area contributed by atoms with Crippen LogP contribution >= 0.6 is 0 Å². The van der Waals surface area contributed by atoms with Crippen molar-refractivity contribution in [3.05, 3.63) is 48.0 Å². The van der Waals surface area contributed by atoms with Gasteiger partial charge in [-0.15, -0.1) is 6.58 Å². The molecule has 1 aromatic carbocycles. The number of rotatable bonds is 6. The van der Waals surface area contributed by atoms with Crippen LogP contribution in [-0.2, 0) is 37.3 Å². The number of amides is 1. The molecule has 8 heteroatoms. The maximum atomic E-state index is 12.5. The molecule has 1 aliphatic heterocycles. The number of nitrogens with zero attached hydrogens (tertiary/aromatic N) is 1. The summed E-state index contributed by atoms with van der Waals surface area (Å²) in [5.41, 5.74) is 1.75. The Morgan fingerprint density at radius 3 is 2.64 bits per heavy atom. The molecule has 1 amide bonds. The number of fused-ring (bicyclic) bond motifs is 1. The second-order valence-electron chi connectivity index (χ2n) is 5.91. The van der Waals surface area contributed by atoms with Crippen molar-refractivity contribution in [2.45, 2.75) is 32.0 Å². The predicted molar refractivity (Wildman–Crippen MR) is 93.1 cm³/mol. The van der Waals surface area contributed by atoms with Crippen molar-refractivity contribution < 1.29 is 22.7 Å². The van der Waals surface area contributed by atoms with Gasteiger partial charge >= 0.3 is 5.97 Å². The van der Waals surface area contributed by atoms with Gasteiger partial charge in [0, 0.05) is 19.5 Å². The molecule has 0 fully saturated rings. The summed E-state index contributed by atoms with van der Waals surface area (Å²) >= 11 is 0. The second kappa shape index (κ2) is 7.79. The predicted octanol–water partition coefficient (Wildman–Crippen LogP) is 0.607. The normalized spacial score (nSPS) is 18.7. The minimum atomic E-state index is -3.61. The van der Waals surface area contributed by atoms with Crippen LogP contribution in [0.5, 0.6) is 0 Å². The number of hydrogen-bond donors (Lipinski definition) is 1. The van der Waals surface area contributed by atoms with Gasteiger partial charge in [0.2, 0.25) is 10.0 Å². The van der Waals surface area contributed by atoms with Crippen LogP contribution in [0.1, 0.15) is 18.1 Å². The van der Waals surface area contributed by atoms with Crippen LogP contribution in [0, 0.1) is 0 Å². The standard InChI is InChI=1S/C17H22N2O5S/c1-4-9-18-16(20)12(2)24-17(21)15-10-13-7-5-6-8-14(13)11-19(15)25(3,22)23/h4-8,12,15H,1,9-11H2,2-3H3,(H,18,20)/t12-,15+/m1/s1. The van der Waals surface area contributed by atoms with Crippen molar-refractivity contribution in [2.24, 2.45) is 0 Å². The van der Waals surface area contributed by atoms with Crippen LogP contribution < -0.4 is 5.32 Å². The molecule has 0 saturated carbocycles. The highest BCUT2D eigenvalue weighted by Crippen LogP contribution is 2.26. The van der Waals surface area contributed by atoms with Gasteiger partial charge in [-0.25, -0.2) is 8.42 Å². The summed E-state index contributed by atoms with van der Waals surface area (Å²) in [7, 11) is -3.61. The summed E-state index contributed by atoms with van der Waals surface area (Å²) in [6.07, 6.45) is 1.76. The molecule has 0 radical (unpaired) electrons. The van der Waals surface area contributed by atoms with Gasteiger partial charge in [-0.05, 0) is 18.1 Å². The Labute approximate surface area is 147 Å². The fourth-order valence-electron chi connectivity index (χ4n) is 2.67. The van der Waals surface area contributed by atoms with Gasteiger partial charge < -0.3 is 10.1 Å². The average molecular weight is 366 g/mol. The molecular weight excluding hydrogens is 344 g/mol. The third-order valence-electron chi connectivity index (χ3n) is 3.99. The van der Waals surface area contributed by atoms with Gasteiger partial charge in [-0.3, -0.25) is 9.59 Å². The molecule has 136 valence electrons. The summed E-state index contributed by atoms with van der Waals surface area (Å²) in [6.45, 7) is 5.29. The van der Waals surface area contributed by atoms with E-state index in [-0.39, 0.29) is 19.5 Å². The second-order valence-corrected chi connectivity index (χ2v) is 7.84. The zero-order chi connectivity index (χ0) is 18.6. The molecule has 1 heterocycles. The summed E-state index contributed by atoms with van der Waals surface area (Å²) in [4.78, 5) is 24.4. The number of nitrogens with one attached hydrogen (secondary N) is 1. The summed E-state index contributed by atoms with van der Waals surface area (Å²) in [5, 5.41) is 2.53. The topological polar surface area (TPSA) is 92.8 Å². The van der Waals surface area contributed by atoms with Crippen molar-refractivity contribution >= 4 is 21.9 Å². The van der Waals surface area contributed by atoms with Crippen molar-refractivity contribution in [3.63, 3.8) is 0 Å². The van der Waals surface area contributed by atoms with Gasteiger partial charge in [0.05, 0.1) is 6.26 Å². The van der Waals surface area contributed by atoms with Crippen LogP contribution in [0.2, 0.25) is 0 Å². The Hall–Kier alpha value is -2.19. The minimum absolute atomic E-state index is 0.103. The zero-order valence-corrected chi connectivity index (χ0v) is 15.1. The molecule has 0 saturated heterocycles. The summed E-state index contributed by atoms with van der Waals surface area (Å²) in [5.74, 6) is -1.20. The van der Waals surface area contributed by atoms with E-state index in [0.717, 1.165) is 21.7 Å². The van der Waals surface area contributed by atoms with E-state index >= 15 is 0 Å². The van der Waals surface area contributed by atoms with Crippen molar-refractivity contribution in [1.82, 2.24) is 9.62 Å².